The predicted molar refractivity (Wildman–Crippen MR) is 215 cm³/mol. The lowest BCUT2D eigenvalue weighted by atomic mass is 10.1. The highest BCUT2D eigenvalue weighted by molar-refractivity contribution is 6.14. The van der Waals surface area contributed by atoms with Gasteiger partial charge in [-0.3, -0.25) is 0 Å². The number of para-hydroxylation sites is 4. The Labute approximate surface area is 316 Å². The fourth-order valence-electron chi connectivity index (χ4n) is 7.30. The van der Waals surface area contributed by atoms with E-state index in [0.29, 0.717) is 11.7 Å². The van der Waals surface area contributed by atoms with E-state index < -0.39 is 96.3 Å². The van der Waals surface area contributed by atoms with E-state index in [2.05, 4.69) is 4.57 Å². The van der Waals surface area contributed by atoms with Crippen molar-refractivity contribution in [3.63, 3.8) is 0 Å². The van der Waals surface area contributed by atoms with Gasteiger partial charge < -0.3 is 13.7 Å². The minimum Gasteiger partial charge on any atom is -0.309 e. The maximum Gasteiger partial charge on any atom is 0.0652 e. The van der Waals surface area contributed by atoms with Crippen LogP contribution in [0.25, 0.3) is 93.6 Å². The van der Waals surface area contributed by atoms with Gasteiger partial charge in [0.25, 0.3) is 0 Å². The van der Waals surface area contributed by atoms with Gasteiger partial charge in [-0.1, -0.05) is 115 Å². The molecule has 0 saturated carbocycles. The lowest BCUT2D eigenvalue weighted by Gasteiger charge is -2.12. The minimum atomic E-state index is -0.711. The molecule has 11 rings (SSSR count). The molecule has 0 N–H and O–H groups in total. The van der Waals surface area contributed by atoms with Gasteiger partial charge in [0, 0.05) is 49.4 Å². The molecule has 0 unspecified atom stereocenters. The molecule has 0 fully saturated rings. The Bertz CT molecular complexity index is 3980. The second kappa shape index (κ2) is 10.8. The number of benzene rings is 8. The normalized spacial score (nSPS) is 16.3. The summed E-state index contributed by atoms with van der Waals surface area (Å²) >= 11 is 0. The predicted octanol–water partition coefficient (Wildman–Crippen LogP) is 12.6. The van der Waals surface area contributed by atoms with Crippen molar-refractivity contribution in [2.45, 2.75) is 0 Å². The zero-order valence-corrected chi connectivity index (χ0v) is 26.5. The Morgan fingerprint density at radius 3 is 1.63 bits per heavy atom. The summed E-state index contributed by atoms with van der Waals surface area (Å²) in [6.45, 7) is 0. The maximum atomic E-state index is 9.93. The monoisotopic (exact) mass is 665 g/mol. The standard InChI is InChI=1S/C48H31N3/c1-2-13-32(14-3-1)33-15-12-16-34(29-33)49-45-23-10-6-19-39(45)41-31-36(26-27-47(41)49)51-46-24-11-7-20-40(46)42-30-35(25-28-48(42)51)50-43-21-8-4-17-37(43)38-18-5-9-22-44(38)50/h1-31H/i1D,4D,5D,7D,8D,9D,11D,17D,18D,20D,21D,22D,24D,25D,28D,30D. The van der Waals surface area contributed by atoms with Gasteiger partial charge in [0.05, 0.1) is 55.0 Å². The molecule has 0 bridgehead atoms. The van der Waals surface area contributed by atoms with Gasteiger partial charge in [0.1, 0.15) is 0 Å². The Hall–Kier alpha value is -6.84. The largest absolute Gasteiger partial charge is 0.309 e. The van der Waals surface area contributed by atoms with Gasteiger partial charge in [0.2, 0.25) is 0 Å². The van der Waals surface area contributed by atoms with E-state index in [1.165, 1.54) is 4.57 Å². The third kappa shape index (κ3) is 4.12. The van der Waals surface area contributed by atoms with Gasteiger partial charge in [-0.25, -0.2) is 0 Å². The van der Waals surface area contributed by atoms with E-state index in [1.54, 1.807) is 18.2 Å². The molecule has 0 spiro atoms. The van der Waals surface area contributed by atoms with E-state index in [4.69, 9.17) is 15.1 Å². The summed E-state index contributed by atoms with van der Waals surface area (Å²) in [5.41, 5.74) is 3.24. The van der Waals surface area contributed by atoms with Crippen LogP contribution in [0.1, 0.15) is 21.9 Å². The van der Waals surface area contributed by atoms with E-state index in [9.17, 15) is 6.85 Å². The van der Waals surface area contributed by atoms with Gasteiger partial charge in [0.15, 0.2) is 0 Å². The number of aromatic nitrogens is 3. The number of rotatable bonds is 4. The van der Waals surface area contributed by atoms with Gasteiger partial charge in [-0.15, -0.1) is 0 Å². The Balaban J connectivity index is 1.26. The summed E-state index contributed by atoms with van der Waals surface area (Å²) in [5.74, 6) is 0. The fourth-order valence-corrected chi connectivity index (χ4v) is 7.30. The quantitative estimate of drug-likeness (QED) is 0.178. The third-order valence-electron chi connectivity index (χ3n) is 9.47. The average molecular weight is 666 g/mol. The molecule has 0 aliphatic rings. The molecular formula is C48H31N3. The zero-order chi connectivity index (χ0) is 47.4. The Morgan fingerprint density at radius 1 is 0.314 bits per heavy atom. The summed E-state index contributed by atoms with van der Waals surface area (Å²) in [6, 6.07) is 19.3. The van der Waals surface area contributed by atoms with Crippen LogP contribution in [0.5, 0.6) is 0 Å². The van der Waals surface area contributed by atoms with Crippen molar-refractivity contribution in [2.24, 2.45) is 0 Å². The molecule has 11 aromatic rings. The molecule has 3 aromatic heterocycles. The maximum absolute atomic E-state index is 9.93. The summed E-state index contributed by atoms with van der Waals surface area (Å²) < 4.78 is 148. The highest BCUT2D eigenvalue weighted by Crippen LogP contribution is 2.39. The van der Waals surface area contributed by atoms with Crippen LogP contribution in [0.4, 0.5) is 0 Å². The van der Waals surface area contributed by atoms with Crippen LogP contribution >= 0.6 is 0 Å². The van der Waals surface area contributed by atoms with Crippen molar-refractivity contribution >= 4 is 65.4 Å². The summed E-state index contributed by atoms with van der Waals surface area (Å²) in [5, 5.41) is 0.647. The first-order chi connectivity index (χ1) is 32.0. The third-order valence-corrected chi connectivity index (χ3v) is 9.47. The second-order valence-electron chi connectivity index (χ2n) is 12.2. The molecule has 0 amide bonds. The lowest BCUT2D eigenvalue weighted by molar-refractivity contribution is 1.16. The molecule has 3 nitrogen and oxygen atoms in total. The van der Waals surface area contributed by atoms with Crippen LogP contribution in [-0.4, -0.2) is 13.7 Å². The SMILES string of the molecule is [2H]c1ccc(-c2cccc(-n3c4ccccc4c4cc(-n5c6c([2H])c([2H])c([2H])c([2H])c6c6c([2H])c(-n7c8c([2H])c([2H])c([2H])c([2H])c8c8c([2H])c([2H])c([2H])c([2H])c87)c([2H])c([2H])c65)ccc43)c2)cc1. The summed E-state index contributed by atoms with van der Waals surface area (Å²) in [7, 11) is 0. The number of nitrogens with zero attached hydrogens (tertiary/aromatic N) is 3. The first-order valence-corrected chi connectivity index (χ1v) is 16.2. The molecule has 3 heterocycles. The molecule has 0 aliphatic carbocycles. The number of hydrogen-bond donors (Lipinski definition) is 0. The van der Waals surface area contributed by atoms with E-state index >= 15 is 0 Å². The van der Waals surface area contributed by atoms with Crippen LogP contribution in [0, 0.1) is 0 Å². The smallest absolute Gasteiger partial charge is 0.0652 e. The van der Waals surface area contributed by atoms with Crippen molar-refractivity contribution in [1.82, 2.24) is 13.7 Å². The van der Waals surface area contributed by atoms with Crippen molar-refractivity contribution in [3.8, 4) is 28.2 Å². The second-order valence-corrected chi connectivity index (χ2v) is 12.2. The van der Waals surface area contributed by atoms with Crippen molar-refractivity contribution < 1.29 is 21.9 Å². The van der Waals surface area contributed by atoms with Crippen LogP contribution in [0.15, 0.2) is 188 Å². The first-order valence-electron chi connectivity index (χ1n) is 24.2. The molecule has 0 atom stereocenters. The van der Waals surface area contributed by atoms with Crippen LogP contribution in [0.3, 0.4) is 0 Å². The molecule has 238 valence electrons. The minimum absolute atomic E-state index is 0.0971. The summed E-state index contributed by atoms with van der Waals surface area (Å²) in [6.07, 6.45) is 0. The first kappa shape index (κ1) is 16.7. The van der Waals surface area contributed by atoms with E-state index in [1.807, 2.05) is 72.8 Å². The van der Waals surface area contributed by atoms with Crippen molar-refractivity contribution in [2.75, 3.05) is 0 Å². The zero-order valence-electron chi connectivity index (χ0n) is 42.5. The molecular weight excluding hydrogens is 619 g/mol. The fraction of sp³-hybridized carbons (Fsp3) is 0. The topological polar surface area (TPSA) is 14.8 Å². The highest BCUT2D eigenvalue weighted by Gasteiger charge is 2.18. The Kier molecular flexibility index (Phi) is 3.55. The van der Waals surface area contributed by atoms with E-state index in [0.717, 1.165) is 43.2 Å². The molecule has 0 radical (unpaired) electrons. The molecule has 3 heteroatoms. The van der Waals surface area contributed by atoms with Crippen LogP contribution in [-0.2, 0) is 0 Å². The number of hydrogen-bond acceptors (Lipinski definition) is 0. The van der Waals surface area contributed by atoms with Gasteiger partial charge in [-0.05, 0) is 83.8 Å². The molecule has 8 aromatic carbocycles. The average Bonchev–Trinajstić information content (AvgIpc) is 3.99. The summed E-state index contributed by atoms with van der Waals surface area (Å²) in [4.78, 5) is 0. The Morgan fingerprint density at radius 2 is 0.882 bits per heavy atom. The van der Waals surface area contributed by atoms with Gasteiger partial charge in [-0.2, -0.15) is 0 Å². The number of fused-ring (bicyclic) bond motifs is 9. The van der Waals surface area contributed by atoms with Crippen LogP contribution < -0.4 is 0 Å². The lowest BCUT2D eigenvalue weighted by Crippen LogP contribution is -1.97. The van der Waals surface area contributed by atoms with E-state index in [-0.39, 0.29) is 43.6 Å². The molecule has 51 heavy (non-hydrogen) atoms. The van der Waals surface area contributed by atoms with Crippen LogP contribution in [0.2, 0.25) is 0 Å². The van der Waals surface area contributed by atoms with Crippen molar-refractivity contribution in [1.29, 1.82) is 0 Å². The van der Waals surface area contributed by atoms with Gasteiger partial charge >= 0.3 is 0 Å². The highest BCUT2D eigenvalue weighted by atomic mass is 15.0. The molecule has 0 saturated heterocycles. The molecule has 0 aliphatic heterocycles. The van der Waals surface area contributed by atoms with Crippen molar-refractivity contribution in [3.05, 3.63) is 188 Å².